The fourth-order valence-corrected chi connectivity index (χ4v) is 3.36. The van der Waals surface area contributed by atoms with E-state index in [1.807, 2.05) is 6.92 Å². The number of hydrogen-bond donors (Lipinski definition) is 0. The average Bonchev–Trinajstić information content (AvgIpc) is 3.34. The molecule has 22 heavy (non-hydrogen) atoms. The molecule has 1 saturated carbocycles. The molecule has 0 radical (unpaired) electrons. The van der Waals surface area contributed by atoms with E-state index in [1.165, 1.54) is 29.7 Å². The Bertz CT molecular complexity index is 740. The number of aryl methyl sites for hydroxylation is 1. The van der Waals surface area contributed by atoms with Crippen molar-refractivity contribution < 1.29 is 0 Å². The van der Waals surface area contributed by atoms with Gasteiger partial charge in [0, 0.05) is 42.7 Å². The summed E-state index contributed by atoms with van der Waals surface area (Å²) < 4.78 is 0. The van der Waals surface area contributed by atoms with Crippen LogP contribution in [0.4, 0.5) is 5.82 Å². The van der Waals surface area contributed by atoms with Gasteiger partial charge < -0.3 is 4.90 Å². The zero-order valence-electron chi connectivity index (χ0n) is 12.9. The van der Waals surface area contributed by atoms with E-state index in [4.69, 9.17) is 11.6 Å². The van der Waals surface area contributed by atoms with Gasteiger partial charge in [0.1, 0.15) is 5.82 Å². The number of anilines is 1. The molecule has 0 spiro atoms. The first-order valence-corrected chi connectivity index (χ1v) is 8.23. The fraction of sp³-hybridized carbons (Fsp3) is 0.471. The molecule has 0 aromatic carbocycles. The lowest BCUT2D eigenvalue weighted by Gasteiger charge is -2.30. The van der Waals surface area contributed by atoms with Crippen LogP contribution in [0, 0.1) is 13.8 Å². The first-order valence-electron chi connectivity index (χ1n) is 7.85. The molecule has 3 heterocycles. The smallest absolute Gasteiger partial charge is 0.224 e. The largest absolute Gasteiger partial charge is 0.351 e. The van der Waals surface area contributed by atoms with Crippen molar-refractivity contribution in [1.29, 1.82) is 0 Å². The topological polar surface area (TPSA) is 41.9 Å². The van der Waals surface area contributed by atoms with E-state index in [-0.39, 0.29) is 0 Å². The van der Waals surface area contributed by atoms with Gasteiger partial charge in [-0.05, 0) is 55.3 Å². The maximum atomic E-state index is 6.06. The Labute approximate surface area is 135 Å². The van der Waals surface area contributed by atoms with Gasteiger partial charge >= 0.3 is 0 Å². The third-order valence-electron chi connectivity index (χ3n) is 4.75. The van der Waals surface area contributed by atoms with E-state index < -0.39 is 0 Å². The lowest BCUT2D eigenvalue weighted by atomic mass is 10.0. The first-order chi connectivity index (χ1) is 10.6. The van der Waals surface area contributed by atoms with Crippen LogP contribution in [0.1, 0.15) is 46.8 Å². The third kappa shape index (κ3) is 2.45. The highest BCUT2D eigenvalue weighted by molar-refractivity contribution is 6.28. The Morgan fingerprint density at radius 3 is 2.82 bits per heavy atom. The summed E-state index contributed by atoms with van der Waals surface area (Å²) in [7, 11) is 0. The van der Waals surface area contributed by atoms with Gasteiger partial charge in [-0.3, -0.25) is 4.98 Å². The van der Waals surface area contributed by atoms with Crippen molar-refractivity contribution >= 4 is 17.4 Å². The molecule has 1 aliphatic heterocycles. The number of hydrogen-bond acceptors (Lipinski definition) is 4. The van der Waals surface area contributed by atoms with Crippen molar-refractivity contribution in [1.82, 2.24) is 15.0 Å². The van der Waals surface area contributed by atoms with E-state index in [2.05, 4.69) is 39.0 Å². The normalized spacial score (nSPS) is 17.5. The Hall–Kier alpha value is -1.68. The van der Waals surface area contributed by atoms with Crippen molar-refractivity contribution in [3.05, 3.63) is 45.6 Å². The SMILES string of the molecule is Cc1nc(Cl)nc(N2CCc3ncc(C4CC4)cc3C2)c1C. The highest BCUT2D eigenvalue weighted by atomic mass is 35.5. The molecule has 1 aliphatic carbocycles. The molecule has 0 bridgehead atoms. The zero-order chi connectivity index (χ0) is 15.3. The van der Waals surface area contributed by atoms with Crippen LogP contribution in [0.3, 0.4) is 0 Å². The van der Waals surface area contributed by atoms with Crippen LogP contribution >= 0.6 is 11.6 Å². The Morgan fingerprint density at radius 2 is 2.05 bits per heavy atom. The van der Waals surface area contributed by atoms with Gasteiger partial charge in [-0.15, -0.1) is 0 Å². The van der Waals surface area contributed by atoms with Gasteiger partial charge in [0.2, 0.25) is 5.28 Å². The van der Waals surface area contributed by atoms with E-state index in [0.29, 0.717) is 5.28 Å². The molecule has 0 amide bonds. The zero-order valence-corrected chi connectivity index (χ0v) is 13.7. The Morgan fingerprint density at radius 1 is 1.23 bits per heavy atom. The minimum atomic E-state index is 0.328. The molecule has 4 nitrogen and oxygen atoms in total. The van der Waals surface area contributed by atoms with Crippen molar-refractivity contribution in [2.24, 2.45) is 0 Å². The minimum Gasteiger partial charge on any atom is -0.351 e. The van der Waals surface area contributed by atoms with E-state index >= 15 is 0 Å². The average molecular weight is 315 g/mol. The highest BCUT2D eigenvalue weighted by Crippen LogP contribution is 2.40. The number of pyridine rings is 1. The molecule has 4 rings (SSSR count). The summed E-state index contributed by atoms with van der Waals surface area (Å²) in [6.07, 6.45) is 5.65. The van der Waals surface area contributed by atoms with Crippen LogP contribution in [-0.2, 0) is 13.0 Å². The Kier molecular flexibility index (Phi) is 3.30. The fourth-order valence-electron chi connectivity index (χ4n) is 3.15. The monoisotopic (exact) mass is 314 g/mol. The molecular weight excluding hydrogens is 296 g/mol. The second kappa shape index (κ2) is 5.20. The summed E-state index contributed by atoms with van der Waals surface area (Å²) in [6, 6.07) is 2.34. The highest BCUT2D eigenvalue weighted by Gasteiger charge is 2.27. The summed E-state index contributed by atoms with van der Waals surface area (Å²) in [5.41, 5.74) is 6.02. The molecule has 5 heteroatoms. The van der Waals surface area contributed by atoms with Crippen molar-refractivity contribution in [3.8, 4) is 0 Å². The molecule has 0 saturated heterocycles. The molecule has 2 aromatic heterocycles. The van der Waals surface area contributed by atoms with E-state index in [9.17, 15) is 0 Å². The molecule has 1 fully saturated rings. The summed E-state index contributed by atoms with van der Waals surface area (Å²) in [5, 5.41) is 0.328. The molecule has 0 N–H and O–H groups in total. The van der Waals surface area contributed by atoms with Gasteiger partial charge in [-0.1, -0.05) is 6.07 Å². The number of rotatable bonds is 2. The van der Waals surface area contributed by atoms with Crippen LogP contribution in [-0.4, -0.2) is 21.5 Å². The van der Waals surface area contributed by atoms with Crippen LogP contribution < -0.4 is 4.90 Å². The lowest BCUT2D eigenvalue weighted by Crippen LogP contribution is -2.32. The number of fused-ring (bicyclic) bond motifs is 1. The van der Waals surface area contributed by atoms with Crippen LogP contribution in [0.25, 0.3) is 0 Å². The second-order valence-electron chi connectivity index (χ2n) is 6.35. The quantitative estimate of drug-likeness (QED) is 0.795. The van der Waals surface area contributed by atoms with Crippen molar-refractivity contribution in [2.75, 3.05) is 11.4 Å². The minimum absolute atomic E-state index is 0.328. The molecule has 2 aromatic rings. The summed E-state index contributed by atoms with van der Waals surface area (Å²) >= 11 is 6.06. The van der Waals surface area contributed by atoms with Gasteiger partial charge in [-0.25, -0.2) is 9.97 Å². The molecule has 0 atom stereocenters. The molecular formula is C17H19ClN4. The van der Waals surface area contributed by atoms with Gasteiger partial charge in [0.25, 0.3) is 0 Å². The number of nitrogens with zero attached hydrogens (tertiary/aromatic N) is 4. The standard InChI is InChI=1S/C17H19ClN4/c1-10-11(2)20-17(18)21-16(10)22-6-5-15-14(9-22)7-13(8-19-15)12-3-4-12/h7-8,12H,3-6,9H2,1-2H3. The molecule has 114 valence electrons. The lowest BCUT2D eigenvalue weighted by molar-refractivity contribution is 0.695. The van der Waals surface area contributed by atoms with Gasteiger partial charge in [0.15, 0.2) is 0 Å². The van der Waals surface area contributed by atoms with Crippen LogP contribution in [0.5, 0.6) is 0 Å². The summed E-state index contributed by atoms with van der Waals surface area (Å²) in [6.45, 7) is 5.83. The molecule has 0 unspecified atom stereocenters. The van der Waals surface area contributed by atoms with Crippen LogP contribution in [0.15, 0.2) is 12.3 Å². The van der Waals surface area contributed by atoms with Crippen LogP contribution in [0.2, 0.25) is 5.28 Å². The van der Waals surface area contributed by atoms with Gasteiger partial charge in [-0.2, -0.15) is 0 Å². The van der Waals surface area contributed by atoms with E-state index in [0.717, 1.165) is 42.5 Å². The van der Waals surface area contributed by atoms with E-state index in [1.54, 1.807) is 0 Å². The predicted molar refractivity (Wildman–Crippen MR) is 87.5 cm³/mol. The third-order valence-corrected chi connectivity index (χ3v) is 4.91. The maximum Gasteiger partial charge on any atom is 0.224 e. The first kappa shape index (κ1) is 13.9. The number of halogens is 1. The predicted octanol–water partition coefficient (Wildman–Crippen LogP) is 3.58. The number of aromatic nitrogens is 3. The maximum absolute atomic E-state index is 6.06. The summed E-state index contributed by atoms with van der Waals surface area (Å²) in [4.78, 5) is 15.7. The van der Waals surface area contributed by atoms with Crippen molar-refractivity contribution in [3.63, 3.8) is 0 Å². The van der Waals surface area contributed by atoms with Gasteiger partial charge in [0.05, 0.1) is 0 Å². The van der Waals surface area contributed by atoms with Crippen molar-refractivity contribution in [2.45, 2.75) is 45.6 Å². The molecule has 2 aliphatic rings. The second-order valence-corrected chi connectivity index (χ2v) is 6.69. The Balaban J connectivity index is 1.67. The summed E-state index contributed by atoms with van der Waals surface area (Å²) in [5.74, 6) is 1.70.